The van der Waals surface area contributed by atoms with E-state index in [-0.39, 0.29) is 0 Å². The van der Waals surface area contributed by atoms with Gasteiger partial charge >= 0.3 is 0 Å². The van der Waals surface area contributed by atoms with Crippen molar-refractivity contribution in [2.75, 3.05) is 0 Å². The van der Waals surface area contributed by atoms with Gasteiger partial charge in [0.15, 0.2) is 6.71 Å². The molecule has 2 bridgehead atoms. The van der Waals surface area contributed by atoms with Crippen LogP contribution in [0.25, 0.3) is 0 Å². The minimum absolute atomic E-state index is 0.933. The lowest BCUT2D eigenvalue weighted by Crippen LogP contribution is -2.46. The largest absolute Gasteiger partial charge is 0.150 e. The van der Waals surface area contributed by atoms with Gasteiger partial charge < -0.3 is 0 Å². The predicted octanol–water partition coefficient (Wildman–Crippen LogP) is 5.41. The lowest BCUT2D eigenvalue weighted by Gasteiger charge is -2.47. The molecule has 0 aromatic heterocycles. The van der Waals surface area contributed by atoms with Gasteiger partial charge in [0.1, 0.15) is 0 Å². The van der Waals surface area contributed by atoms with Crippen molar-refractivity contribution in [3.05, 3.63) is 12.2 Å². The molecule has 0 radical (unpaired) electrons. The second kappa shape index (κ2) is 5.34. The van der Waals surface area contributed by atoms with Gasteiger partial charge in [0.05, 0.1) is 0 Å². The topological polar surface area (TPSA) is 0 Å². The summed E-state index contributed by atoms with van der Waals surface area (Å²) in [5.41, 5.74) is 0.933. The van der Waals surface area contributed by atoms with E-state index in [0.717, 1.165) is 23.8 Å². The predicted molar refractivity (Wildman–Crippen MR) is 82.9 cm³/mol. The maximum absolute atomic E-state index is 2.58. The average molecular weight is 248 g/mol. The zero-order valence-corrected chi connectivity index (χ0v) is 13.2. The van der Waals surface area contributed by atoms with Crippen molar-refractivity contribution >= 4 is 14.8 Å². The highest BCUT2D eigenvalue weighted by Crippen LogP contribution is 2.52. The molecule has 1 unspecified atom stereocenters. The van der Waals surface area contributed by atoms with E-state index in [0.29, 0.717) is 0 Å². The Bertz CT molecular complexity index is 257. The molecular weight excluding hydrogens is 219 g/mol. The van der Waals surface area contributed by atoms with Gasteiger partial charge in [-0.1, -0.05) is 82.0 Å². The fourth-order valence-electron chi connectivity index (χ4n) is 4.52. The van der Waals surface area contributed by atoms with Crippen LogP contribution in [0.5, 0.6) is 0 Å². The Morgan fingerprint density at radius 3 is 1.82 bits per heavy atom. The van der Waals surface area contributed by atoms with Crippen molar-refractivity contribution < 1.29 is 0 Å². The Labute approximate surface area is 109 Å². The van der Waals surface area contributed by atoms with Crippen LogP contribution in [0.2, 0.25) is 36.7 Å². The van der Waals surface area contributed by atoms with Gasteiger partial charge in [-0.25, -0.2) is 0 Å². The molecule has 96 valence electrons. The summed E-state index contributed by atoms with van der Waals surface area (Å²) >= 11 is 0. The lowest BCUT2D eigenvalue weighted by atomic mass is 9.25. The molecule has 1 atom stereocenters. The zero-order valence-electron chi connectivity index (χ0n) is 12.2. The third kappa shape index (κ3) is 2.89. The summed E-state index contributed by atoms with van der Waals surface area (Å²) in [6.07, 6.45) is 14.0. The van der Waals surface area contributed by atoms with Gasteiger partial charge in [0.25, 0.3) is 0 Å². The standard InChI is InChI=1S/C15H29BSi/c1-5-8-15(17(2,3)4)16-13-9-6-10-14(16)12-7-11-13/h5,8,13-15H,6-7,9-12H2,1-4H3/b8-5+. The monoisotopic (exact) mass is 248 g/mol. The van der Waals surface area contributed by atoms with Crippen LogP contribution in [0.3, 0.4) is 0 Å². The Morgan fingerprint density at radius 1 is 1.00 bits per heavy atom. The number of hydrogen-bond acceptors (Lipinski definition) is 0. The molecule has 2 heterocycles. The minimum atomic E-state index is -1.05. The fourth-order valence-corrected chi connectivity index (χ4v) is 6.98. The molecule has 0 spiro atoms. The first kappa shape index (κ1) is 13.5. The van der Waals surface area contributed by atoms with Crippen molar-refractivity contribution in [2.45, 2.75) is 82.2 Å². The summed E-state index contributed by atoms with van der Waals surface area (Å²) in [4.78, 5) is 0. The van der Waals surface area contributed by atoms with Gasteiger partial charge in [-0.05, 0) is 12.4 Å². The van der Waals surface area contributed by atoms with Crippen molar-refractivity contribution in [1.82, 2.24) is 0 Å². The Hall–Kier alpha value is 0.0218. The van der Waals surface area contributed by atoms with Crippen molar-refractivity contribution in [1.29, 1.82) is 0 Å². The van der Waals surface area contributed by atoms with E-state index in [1.165, 1.54) is 38.5 Å². The molecule has 0 amide bonds. The highest BCUT2D eigenvalue weighted by atomic mass is 28.3. The molecular formula is C15H29BSi. The van der Waals surface area contributed by atoms with E-state index in [2.05, 4.69) is 38.7 Å². The molecule has 2 aliphatic rings. The van der Waals surface area contributed by atoms with Crippen LogP contribution in [-0.2, 0) is 0 Å². The SMILES string of the molecule is C/C=C/C(B1C2CCCC1CCC2)[Si](C)(C)C. The summed E-state index contributed by atoms with van der Waals surface area (Å²) in [6.45, 7) is 11.0. The average Bonchev–Trinajstić information content (AvgIpc) is 2.23. The fraction of sp³-hybridized carbons (Fsp3) is 0.867. The third-order valence-corrected chi connectivity index (χ3v) is 7.78. The molecule has 17 heavy (non-hydrogen) atoms. The first-order valence-electron chi connectivity index (χ1n) is 7.67. The van der Waals surface area contributed by atoms with Crippen LogP contribution in [-0.4, -0.2) is 14.8 Å². The number of rotatable bonds is 3. The Morgan fingerprint density at radius 2 is 1.47 bits per heavy atom. The number of fused-ring (bicyclic) bond motifs is 2. The van der Waals surface area contributed by atoms with Crippen molar-refractivity contribution in [3.8, 4) is 0 Å². The van der Waals surface area contributed by atoms with Crippen LogP contribution < -0.4 is 0 Å². The summed E-state index contributed by atoms with van der Waals surface area (Å²) in [5.74, 6) is 2.13. The molecule has 2 aliphatic heterocycles. The first-order chi connectivity index (χ1) is 8.04. The van der Waals surface area contributed by atoms with Crippen molar-refractivity contribution in [3.63, 3.8) is 0 Å². The Kier molecular flexibility index (Phi) is 4.23. The van der Waals surface area contributed by atoms with Gasteiger partial charge in [-0.3, -0.25) is 0 Å². The van der Waals surface area contributed by atoms with E-state index < -0.39 is 8.07 Å². The highest BCUT2D eigenvalue weighted by Gasteiger charge is 2.46. The molecule has 0 saturated carbocycles. The molecule has 0 aliphatic carbocycles. The van der Waals surface area contributed by atoms with E-state index in [1.54, 1.807) is 0 Å². The maximum Gasteiger partial charge on any atom is 0.150 e. The van der Waals surface area contributed by atoms with Crippen molar-refractivity contribution in [2.24, 2.45) is 0 Å². The maximum atomic E-state index is 2.58. The van der Waals surface area contributed by atoms with Gasteiger partial charge in [-0.2, -0.15) is 0 Å². The molecule has 0 aromatic carbocycles. The minimum Gasteiger partial charge on any atom is -0.0955 e. The summed E-state index contributed by atoms with van der Waals surface area (Å²) < 4.78 is 0. The van der Waals surface area contributed by atoms with Crippen LogP contribution >= 0.6 is 0 Å². The number of allylic oxidation sites excluding steroid dienone is 2. The highest BCUT2D eigenvalue weighted by molar-refractivity contribution is 6.91. The summed E-state index contributed by atoms with van der Waals surface area (Å²) in [6, 6.07) is 0. The molecule has 2 rings (SSSR count). The molecule has 0 N–H and O–H groups in total. The van der Waals surface area contributed by atoms with E-state index >= 15 is 0 Å². The van der Waals surface area contributed by atoms with Crippen LogP contribution in [0.4, 0.5) is 0 Å². The van der Waals surface area contributed by atoms with E-state index in [9.17, 15) is 0 Å². The first-order valence-corrected chi connectivity index (χ1v) is 11.2. The smallest absolute Gasteiger partial charge is 0.0955 e. The van der Waals surface area contributed by atoms with E-state index in [1.807, 2.05) is 0 Å². The normalized spacial score (nSPS) is 31.9. The summed E-state index contributed by atoms with van der Waals surface area (Å²) in [7, 11) is -1.05. The molecule has 2 saturated heterocycles. The second-order valence-corrected chi connectivity index (χ2v) is 12.8. The van der Waals surface area contributed by atoms with Gasteiger partial charge in [-0.15, -0.1) is 0 Å². The second-order valence-electron chi connectivity index (χ2n) is 7.38. The third-order valence-electron chi connectivity index (χ3n) is 5.20. The molecule has 2 fully saturated rings. The van der Waals surface area contributed by atoms with Crippen LogP contribution in [0.1, 0.15) is 45.4 Å². The van der Waals surface area contributed by atoms with E-state index in [4.69, 9.17) is 0 Å². The molecule has 2 heteroatoms. The zero-order chi connectivity index (χ0) is 12.5. The van der Waals surface area contributed by atoms with Crippen LogP contribution in [0.15, 0.2) is 12.2 Å². The van der Waals surface area contributed by atoms with Crippen LogP contribution in [0, 0.1) is 0 Å². The van der Waals surface area contributed by atoms with Gasteiger partial charge in [0, 0.05) is 8.07 Å². The quantitative estimate of drug-likeness (QED) is 0.462. The number of hydrogen-bond donors (Lipinski definition) is 0. The Balaban J connectivity index is 2.22. The van der Waals surface area contributed by atoms with Gasteiger partial charge in [0.2, 0.25) is 0 Å². The lowest BCUT2D eigenvalue weighted by molar-refractivity contribution is 0.441. The molecule has 0 nitrogen and oxygen atoms in total. The molecule has 0 aromatic rings. The summed E-state index contributed by atoms with van der Waals surface area (Å²) in [5, 5.41) is 0.